The first-order chi connectivity index (χ1) is 5.35. The van der Waals surface area contributed by atoms with Crippen molar-refractivity contribution in [2.75, 3.05) is 0 Å². The third-order valence-electron chi connectivity index (χ3n) is 1.60. The van der Waals surface area contributed by atoms with Crippen molar-refractivity contribution >= 4 is 22.6 Å². The zero-order valence-electron chi connectivity index (χ0n) is 8.19. The molecule has 0 aliphatic carbocycles. The summed E-state index contributed by atoms with van der Waals surface area (Å²) in [6.07, 6.45) is 7.02. The first-order valence-corrected chi connectivity index (χ1v) is 5.25. The molecule has 0 heterocycles. The average molecular weight is 826 g/mol. The van der Waals surface area contributed by atoms with E-state index in [1.807, 2.05) is 4.08 Å². The largest absolute Gasteiger partial charge is 0.552 e. The quantitative estimate of drug-likeness (QED) is 0.294. The van der Waals surface area contributed by atoms with Crippen LogP contribution in [0.25, 0.3) is 0 Å². The monoisotopic (exact) mass is 828 g/mol. The average Bonchev–Trinajstić information content (AvgIpc) is 2.05. The van der Waals surface area contributed by atoms with Gasteiger partial charge in [0.25, 0.3) is 0 Å². The Morgan fingerprint density at radius 3 is 2.29 bits per heavy atom. The molecule has 0 aromatic heterocycles. The molecule has 0 aromatic carbocycles. The second kappa shape index (κ2) is 20.8. The molecule has 1 atom stereocenters. The van der Waals surface area contributed by atoms with Crippen molar-refractivity contribution in [2.45, 2.75) is 38.7 Å². The van der Waals surface area contributed by atoms with Gasteiger partial charge in [0.15, 0.2) is 0 Å². The van der Waals surface area contributed by atoms with Gasteiger partial charge < -0.3 is 4.74 Å². The van der Waals surface area contributed by atoms with E-state index in [1.54, 1.807) is 0 Å². The van der Waals surface area contributed by atoms with Crippen LogP contribution in [0.4, 0.5) is 0 Å². The molecule has 3 radical (unpaired) electrons. The Labute approximate surface area is 143 Å². The summed E-state index contributed by atoms with van der Waals surface area (Å²) in [5.74, 6) is 0. The summed E-state index contributed by atoms with van der Waals surface area (Å²) >= 11 is 2.22. The molecule has 0 amide bonds. The standard InChI is InChI=1S/C9H16IO.3Re/c1-3-4-6-9(11-2)7-5-8-10;;;/h5,8-9H,2-4,6-7H2,1H3;;;/q-1;;;/b8-5+;;;. The van der Waals surface area contributed by atoms with Crippen LogP contribution in [0.15, 0.2) is 10.2 Å². The number of halogens is 1. The van der Waals surface area contributed by atoms with E-state index >= 15 is 0 Å². The Balaban J connectivity index is -0.000000167. The Hall–Kier alpha value is 2.42. The minimum Gasteiger partial charge on any atom is -0.552 e. The van der Waals surface area contributed by atoms with Gasteiger partial charge in [0.1, 0.15) is 0 Å². The van der Waals surface area contributed by atoms with Gasteiger partial charge in [-0.1, -0.05) is 48.4 Å². The fraction of sp³-hybridized carbons (Fsp3) is 0.667. The van der Waals surface area contributed by atoms with Gasteiger partial charge in [0, 0.05) is 67.4 Å². The summed E-state index contributed by atoms with van der Waals surface area (Å²) in [6.45, 7) is 2.19. The van der Waals surface area contributed by atoms with Crippen LogP contribution in [0, 0.1) is 7.11 Å². The van der Waals surface area contributed by atoms with E-state index in [1.165, 1.54) is 12.8 Å². The van der Waals surface area contributed by atoms with E-state index in [0.29, 0.717) is 6.10 Å². The van der Waals surface area contributed by atoms with E-state index in [2.05, 4.69) is 42.7 Å². The van der Waals surface area contributed by atoms with Crippen LogP contribution in [-0.4, -0.2) is 6.10 Å². The summed E-state index contributed by atoms with van der Waals surface area (Å²) in [5, 5.41) is 0. The minimum atomic E-state index is 0. The van der Waals surface area contributed by atoms with Crippen molar-refractivity contribution in [1.29, 1.82) is 0 Å². The third-order valence-corrected chi connectivity index (χ3v) is 2.11. The molecule has 0 aliphatic rings. The molecule has 5 heteroatoms. The third kappa shape index (κ3) is 16.8. The van der Waals surface area contributed by atoms with Crippen LogP contribution in [0.1, 0.15) is 32.6 Å². The van der Waals surface area contributed by atoms with Crippen LogP contribution < -0.4 is 0 Å². The zero-order valence-corrected chi connectivity index (χ0v) is 18.5. The van der Waals surface area contributed by atoms with Gasteiger partial charge in [-0.25, -0.2) is 7.11 Å². The molecule has 0 saturated carbocycles. The molecule has 0 aromatic rings. The molecule has 0 fully saturated rings. The molecule has 14 heavy (non-hydrogen) atoms. The second-order valence-corrected chi connectivity index (χ2v) is 3.25. The molecule has 0 aliphatic heterocycles. The van der Waals surface area contributed by atoms with Crippen molar-refractivity contribution < 1.29 is 66.0 Å². The number of hydrogen-bond acceptors (Lipinski definition) is 1. The molecule has 0 saturated heterocycles. The number of ether oxygens (including phenoxy) is 1. The number of rotatable bonds is 6. The molecule has 0 rings (SSSR count). The molecular weight excluding hydrogens is 810 g/mol. The Morgan fingerprint density at radius 1 is 1.36 bits per heavy atom. The number of unbranched alkanes of at least 4 members (excludes halogenated alkanes) is 1. The van der Waals surface area contributed by atoms with E-state index in [4.69, 9.17) is 4.74 Å². The zero-order chi connectivity index (χ0) is 8.53. The van der Waals surface area contributed by atoms with Crippen LogP contribution in [0.3, 0.4) is 0 Å². The Kier molecular flexibility index (Phi) is 37.6. The SMILES string of the molecule is [CH2-]OC(C/C=C/I)CCCC.[Re].[Re].[Re]. The van der Waals surface area contributed by atoms with E-state index < -0.39 is 0 Å². The summed E-state index contributed by atoms with van der Waals surface area (Å²) in [6, 6.07) is 0. The fourth-order valence-electron chi connectivity index (χ4n) is 0.904. The van der Waals surface area contributed by atoms with Gasteiger partial charge in [-0.05, 0) is 16.9 Å². The van der Waals surface area contributed by atoms with E-state index in [-0.39, 0.29) is 61.3 Å². The van der Waals surface area contributed by atoms with Gasteiger partial charge in [-0.3, -0.25) is 0 Å². The smallest absolute Gasteiger partial charge is 0.0264 e. The summed E-state index contributed by atoms with van der Waals surface area (Å²) in [5.41, 5.74) is 0. The first kappa shape index (κ1) is 25.3. The normalized spacial score (nSPS) is 11.1. The van der Waals surface area contributed by atoms with Gasteiger partial charge in [0.05, 0.1) is 0 Å². The summed E-state index contributed by atoms with van der Waals surface area (Å²) in [7, 11) is 3.46. The van der Waals surface area contributed by atoms with Gasteiger partial charge in [-0.2, -0.15) is 0 Å². The van der Waals surface area contributed by atoms with Gasteiger partial charge >= 0.3 is 0 Å². The maximum absolute atomic E-state index is 5.05. The van der Waals surface area contributed by atoms with Crippen LogP contribution >= 0.6 is 22.6 Å². The molecule has 87 valence electrons. The molecule has 0 N–H and O–H groups in total. The van der Waals surface area contributed by atoms with E-state index in [0.717, 1.165) is 12.8 Å². The molecule has 1 unspecified atom stereocenters. The van der Waals surface area contributed by atoms with Crippen molar-refractivity contribution in [3.05, 3.63) is 17.3 Å². The topological polar surface area (TPSA) is 9.23 Å². The summed E-state index contributed by atoms with van der Waals surface area (Å²) < 4.78 is 7.07. The van der Waals surface area contributed by atoms with Crippen molar-refractivity contribution in [1.82, 2.24) is 0 Å². The maximum atomic E-state index is 5.05. The predicted octanol–water partition coefficient (Wildman–Crippen LogP) is 3.68. The van der Waals surface area contributed by atoms with Crippen molar-refractivity contribution in [3.63, 3.8) is 0 Å². The first-order valence-electron chi connectivity index (χ1n) is 4.01. The maximum Gasteiger partial charge on any atom is 0.0264 e. The van der Waals surface area contributed by atoms with Crippen LogP contribution in [-0.2, 0) is 66.0 Å². The second-order valence-electron chi connectivity index (χ2n) is 2.53. The van der Waals surface area contributed by atoms with Crippen molar-refractivity contribution in [3.8, 4) is 0 Å². The number of hydrogen-bond donors (Lipinski definition) is 0. The minimum absolute atomic E-state index is 0. The van der Waals surface area contributed by atoms with Crippen molar-refractivity contribution in [2.24, 2.45) is 0 Å². The molecular formula is C9H16IORe3-. The van der Waals surface area contributed by atoms with Gasteiger partial charge in [-0.15, -0.1) is 0 Å². The summed E-state index contributed by atoms with van der Waals surface area (Å²) in [4.78, 5) is 0. The van der Waals surface area contributed by atoms with Crippen LogP contribution in [0.5, 0.6) is 0 Å². The van der Waals surface area contributed by atoms with Crippen LogP contribution in [0.2, 0.25) is 0 Å². The Morgan fingerprint density at radius 2 is 1.93 bits per heavy atom. The Bertz CT molecular complexity index is 112. The predicted molar refractivity (Wildman–Crippen MR) is 57.5 cm³/mol. The van der Waals surface area contributed by atoms with Gasteiger partial charge in [0.2, 0.25) is 0 Å². The van der Waals surface area contributed by atoms with E-state index in [9.17, 15) is 0 Å². The fourth-order valence-corrected chi connectivity index (χ4v) is 1.20. The molecule has 1 nitrogen and oxygen atoms in total. The molecule has 0 bridgehead atoms. The molecule has 0 spiro atoms.